The lowest BCUT2D eigenvalue weighted by Gasteiger charge is -2.19. The summed E-state index contributed by atoms with van der Waals surface area (Å²) in [4.78, 5) is 24.3. The van der Waals surface area contributed by atoms with Crippen LogP contribution in [0.3, 0.4) is 0 Å². The summed E-state index contributed by atoms with van der Waals surface area (Å²) >= 11 is 0. The van der Waals surface area contributed by atoms with Crippen LogP contribution in [0.4, 0.5) is 32.0 Å². The highest BCUT2D eigenvalue weighted by Gasteiger charge is 2.31. The Bertz CT molecular complexity index is 933. The molecule has 1 atom stereocenters. The van der Waals surface area contributed by atoms with Crippen LogP contribution in [0.15, 0.2) is 42.5 Å². The first-order valence-corrected chi connectivity index (χ1v) is 9.04. The minimum Gasteiger partial charge on any atom is -0.432 e. The van der Waals surface area contributed by atoms with Gasteiger partial charge in [0, 0.05) is 11.8 Å². The predicted octanol–water partition coefficient (Wildman–Crippen LogP) is 5.04. The standard InChI is InChI=1S/C20H18F6N2O3/c1-2-4-15(11-5-3-6-12(9-11)20(24,25)26)28-18(30)17(29)27-13-7-8-16(14(21)10-13)31-19(22)23/h3,5-10,15,19H,2,4H2,1H3,(H,27,29)(H,28,30)/t15-/m0/s1. The second kappa shape index (κ2) is 10.2. The smallest absolute Gasteiger partial charge is 0.416 e. The van der Waals surface area contributed by atoms with Crippen molar-refractivity contribution in [2.24, 2.45) is 0 Å². The first-order chi connectivity index (χ1) is 14.5. The van der Waals surface area contributed by atoms with E-state index in [1.54, 1.807) is 6.92 Å². The molecule has 2 N–H and O–H groups in total. The summed E-state index contributed by atoms with van der Waals surface area (Å²) < 4.78 is 80.8. The quantitative estimate of drug-likeness (QED) is 0.461. The van der Waals surface area contributed by atoms with Gasteiger partial charge in [-0.1, -0.05) is 25.5 Å². The molecule has 0 aliphatic rings. The number of carbonyl (C=O) groups excluding carboxylic acids is 2. The number of halogens is 6. The molecular weight excluding hydrogens is 430 g/mol. The molecule has 0 aliphatic carbocycles. The van der Waals surface area contributed by atoms with Crippen molar-refractivity contribution in [3.63, 3.8) is 0 Å². The van der Waals surface area contributed by atoms with Gasteiger partial charge in [-0.05, 0) is 36.2 Å². The number of hydrogen-bond acceptors (Lipinski definition) is 3. The molecule has 31 heavy (non-hydrogen) atoms. The molecule has 0 unspecified atom stereocenters. The Hall–Kier alpha value is -3.24. The summed E-state index contributed by atoms with van der Waals surface area (Å²) in [6, 6.07) is 6.05. The number of nitrogens with one attached hydrogen (secondary N) is 2. The Morgan fingerprint density at radius 3 is 2.35 bits per heavy atom. The SMILES string of the molecule is CCC[C@H](NC(=O)C(=O)Nc1ccc(OC(F)F)c(F)c1)c1cccc(C(F)(F)F)c1. The average Bonchev–Trinajstić information content (AvgIpc) is 2.68. The monoisotopic (exact) mass is 448 g/mol. The van der Waals surface area contributed by atoms with Crippen LogP contribution in [0.1, 0.15) is 36.9 Å². The Balaban J connectivity index is 2.11. The third-order valence-electron chi connectivity index (χ3n) is 4.11. The molecule has 0 heterocycles. The first kappa shape index (κ1) is 24.0. The molecule has 0 aromatic heterocycles. The van der Waals surface area contributed by atoms with Crippen molar-refractivity contribution in [3.8, 4) is 5.75 Å². The fraction of sp³-hybridized carbons (Fsp3) is 0.300. The molecule has 0 fully saturated rings. The zero-order valence-electron chi connectivity index (χ0n) is 16.1. The van der Waals surface area contributed by atoms with Crippen molar-refractivity contribution < 1.29 is 40.7 Å². The highest BCUT2D eigenvalue weighted by atomic mass is 19.4. The van der Waals surface area contributed by atoms with Crippen LogP contribution in [0.25, 0.3) is 0 Å². The second-order valence-corrected chi connectivity index (χ2v) is 6.42. The molecule has 0 radical (unpaired) electrons. The first-order valence-electron chi connectivity index (χ1n) is 9.04. The van der Waals surface area contributed by atoms with E-state index < -0.39 is 47.8 Å². The summed E-state index contributed by atoms with van der Waals surface area (Å²) in [6.07, 6.45) is -3.81. The Kier molecular flexibility index (Phi) is 7.89. The normalized spacial score (nSPS) is 12.4. The van der Waals surface area contributed by atoms with Crippen molar-refractivity contribution >= 4 is 17.5 Å². The van der Waals surface area contributed by atoms with Gasteiger partial charge in [0.2, 0.25) is 0 Å². The number of alkyl halides is 5. The summed E-state index contributed by atoms with van der Waals surface area (Å²) in [5.41, 5.74) is -0.936. The van der Waals surface area contributed by atoms with Crippen LogP contribution in [0, 0.1) is 5.82 Å². The number of amides is 2. The lowest BCUT2D eigenvalue weighted by atomic mass is 10.00. The lowest BCUT2D eigenvalue weighted by molar-refractivity contribution is -0.137. The maximum Gasteiger partial charge on any atom is 0.416 e. The molecule has 0 aliphatic heterocycles. The van der Waals surface area contributed by atoms with Crippen LogP contribution >= 0.6 is 0 Å². The van der Waals surface area contributed by atoms with Crippen LogP contribution in [-0.4, -0.2) is 18.4 Å². The van der Waals surface area contributed by atoms with Gasteiger partial charge in [-0.15, -0.1) is 0 Å². The van der Waals surface area contributed by atoms with Crippen molar-refractivity contribution in [2.75, 3.05) is 5.32 Å². The minimum atomic E-state index is -4.57. The van der Waals surface area contributed by atoms with E-state index in [0.717, 1.165) is 24.3 Å². The minimum absolute atomic E-state index is 0.164. The number of benzene rings is 2. The van der Waals surface area contributed by atoms with Gasteiger partial charge >= 0.3 is 24.6 Å². The number of rotatable bonds is 7. The van der Waals surface area contributed by atoms with Gasteiger partial charge in [0.1, 0.15) is 0 Å². The van der Waals surface area contributed by atoms with Gasteiger partial charge in [0.15, 0.2) is 11.6 Å². The van der Waals surface area contributed by atoms with Gasteiger partial charge in [-0.25, -0.2) is 4.39 Å². The zero-order valence-corrected chi connectivity index (χ0v) is 16.1. The number of carbonyl (C=O) groups is 2. The van der Waals surface area contributed by atoms with Crippen LogP contribution in [0.2, 0.25) is 0 Å². The highest BCUT2D eigenvalue weighted by Crippen LogP contribution is 2.31. The van der Waals surface area contributed by atoms with E-state index in [4.69, 9.17) is 0 Å². The molecule has 0 saturated carbocycles. The predicted molar refractivity (Wildman–Crippen MR) is 98.9 cm³/mol. The van der Waals surface area contributed by atoms with Crippen molar-refractivity contribution in [1.82, 2.24) is 5.32 Å². The van der Waals surface area contributed by atoms with E-state index >= 15 is 0 Å². The molecule has 2 rings (SSSR count). The summed E-state index contributed by atoms with van der Waals surface area (Å²) in [6.45, 7) is -1.49. The topological polar surface area (TPSA) is 67.4 Å². The van der Waals surface area contributed by atoms with Crippen LogP contribution in [-0.2, 0) is 15.8 Å². The molecule has 0 bridgehead atoms. The van der Waals surface area contributed by atoms with E-state index in [2.05, 4.69) is 15.4 Å². The Morgan fingerprint density at radius 2 is 1.77 bits per heavy atom. The number of anilines is 1. The fourth-order valence-corrected chi connectivity index (χ4v) is 2.72. The van der Waals surface area contributed by atoms with Gasteiger partial charge in [-0.3, -0.25) is 9.59 Å². The van der Waals surface area contributed by atoms with E-state index in [-0.39, 0.29) is 17.7 Å². The lowest BCUT2D eigenvalue weighted by Crippen LogP contribution is -2.38. The summed E-state index contributed by atoms with van der Waals surface area (Å²) in [7, 11) is 0. The summed E-state index contributed by atoms with van der Waals surface area (Å²) in [5.74, 6) is -4.31. The molecule has 0 saturated heterocycles. The maximum atomic E-state index is 13.7. The molecule has 2 aromatic carbocycles. The Morgan fingerprint density at radius 1 is 1.06 bits per heavy atom. The molecule has 11 heteroatoms. The molecule has 0 spiro atoms. The van der Waals surface area contributed by atoms with Crippen LogP contribution < -0.4 is 15.4 Å². The molecular formula is C20H18F6N2O3. The highest BCUT2D eigenvalue weighted by molar-refractivity contribution is 6.39. The third kappa shape index (κ3) is 6.90. The van der Waals surface area contributed by atoms with E-state index in [1.165, 1.54) is 12.1 Å². The van der Waals surface area contributed by atoms with Gasteiger partial charge < -0.3 is 15.4 Å². The van der Waals surface area contributed by atoms with Crippen LogP contribution in [0.5, 0.6) is 5.75 Å². The van der Waals surface area contributed by atoms with E-state index in [9.17, 15) is 35.9 Å². The molecule has 168 valence electrons. The molecule has 2 aromatic rings. The van der Waals surface area contributed by atoms with E-state index in [1.807, 2.05) is 0 Å². The van der Waals surface area contributed by atoms with E-state index in [0.29, 0.717) is 12.5 Å². The third-order valence-corrected chi connectivity index (χ3v) is 4.11. The molecule has 2 amide bonds. The number of hydrogen-bond donors (Lipinski definition) is 2. The van der Waals surface area contributed by atoms with Gasteiger partial charge in [-0.2, -0.15) is 22.0 Å². The zero-order chi connectivity index (χ0) is 23.2. The maximum absolute atomic E-state index is 13.7. The molecule has 5 nitrogen and oxygen atoms in total. The van der Waals surface area contributed by atoms with Crippen molar-refractivity contribution in [3.05, 3.63) is 59.4 Å². The largest absolute Gasteiger partial charge is 0.432 e. The fourth-order valence-electron chi connectivity index (χ4n) is 2.72. The van der Waals surface area contributed by atoms with Gasteiger partial charge in [0.05, 0.1) is 11.6 Å². The number of ether oxygens (including phenoxy) is 1. The van der Waals surface area contributed by atoms with Gasteiger partial charge in [0.25, 0.3) is 0 Å². The average molecular weight is 448 g/mol. The van der Waals surface area contributed by atoms with Crippen molar-refractivity contribution in [1.29, 1.82) is 0 Å². The second-order valence-electron chi connectivity index (χ2n) is 6.42. The van der Waals surface area contributed by atoms with Crippen molar-refractivity contribution in [2.45, 2.75) is 38.6 Å². The summed E-state index contributed by atoms with van der Waals surface area (Å²) in [5, 5.41) is 4.43. The Labute approximate surface area is 173 Å².